The zero-order valence-electron chi connectivity index (χ0n) is 14.8. The highest BCUT2D eigenvalue weighted by molar-refractivity contribution is 5.97. The highest BCUT2D eigenvalue weighted by atomic mass is 16.2. The lowest BCUT2D eigenvalue weighted by Crippen LogP contribution is -2.47. The van der Waals surface area contributed by atoms with Crippen LogP contribution < -0.4 is 10.6 Å². The first-order chi connectivity index (χ1) is 11.9. The van der Waals surface area contributed by atoms with Gasteiger partial charge in [0.05, 0.1) is 0 Å². The van der Waals surface area contributed by atoms with Crippen LogP contribution in [0.25, 0.3) is 0 Å². The van der Waals surface area contributed by atoms with Gasteiger partial charge in [0.15, 0.2) is 0 Å². The minimum absolute atomic E-state index is 0.0845. The number of piperidine rings is 1. The number of rotatable bonds is 4. The molecule has 134 valence electrons. The van der Waals surface area contributed by atoms with Gasteiger partial charge in [-0.05, 0) is 50.3 Å². The second kappa shape index (κ2) is 7.25. The fourth-order valence-corrected chi connectivity index (χ4v) is 3.19. The van der Waals surface area contributed by atoms with Crippen molar-refractivity contribution in [3.05, 3.63) is 29.3 Å². The van der Waals surface area contributed by atoms with E-state index < -0.39 is 0 Å². The van der Waals surface area contributed by atoms with E-state index in [0.717, 1.165) is 31.2 Å². The zero-order valence-corrected chi connectivity index (χ0v) is 14.8. The first kappa shape index (κ1) is 17.5. The van der Waals surface area contributed by atoms with Gasteiger partial charge in [0.1, 0.15) is 0 Å². The summed E-state index contributed by atoms with van der Waals surface area (Å²) in [5.74, 6) is 0.237. The van der Waals surface area contributed by atoms with Crippen LogP contribution in [-0.4, -0.2) is 41.8 Å². The molecule has 0 radical (unpaired) electrons. The van der Waals surface area contributed by atoms with Gasteiger partial charge in [-0.15, -0.1) is 0 Å². The monoisotopic (exact) mass is 343 g/mol. The number of carbonyl (C=O) groups is 3. The molecule has 1 aliphatic carbocycles. The van der Waals surface area contributed by atoms with E-state index in [9.17, 15) is 14.4 Å². The topological polar surface area (TPSA) is 78.5 Å². The summed E-state index contributed by atoms with van der Waals surface area (Å²) in [6.07, 6.45) is 3.63. The molecule has 2 fully saturated rings. The number of hydrogen-bond acceptors (Lipinski definition) is 3. The number of amides is 3. The summed E-state index contributed by atoms with van der Waals surface area (Å²) >= 11 is 0. The van der Waals surface area contributed by atoms with Crippen molar-refractivity contribution >= 4 is 23.4 Å². The number of nitrogens with zero attached hydrogens (tertiary/aromatic N) is 1. The highest BCUT2D eigenvalue weighted by Crippen LogP contribution is 2.31. The molecule has 1 aromatic carbocycles. The lowest BCUT2D eigenvalue weighted by molar-refractivity contribution is -0.133. The third-order valence-corrected chi connectivity index (χ3v) is 4.88. The molecule has 0 aromatic heterocycles. The van der Waals surface area contributed by atoms with Crippen LogP contribution >= 0.6 is 0 Å². The molecule has 2 aliphatic rings. The normalized spacial score (nSPS) is 17.9. The standard InChI is InChI=1S/C19H25N3O3/c1-12-3-4-15(11-17(12)20-13(2)23)18(24)21-16-7-9-22(10-8-16)19(25)14-5-6-14/h3-4,11,14,16H,5-10H2,1-2H3,(H,20,23)(H,21,24). The quantitative estimate of drug-likeness (QED) is 0.878. The predicted molar refractivity (Wildman–Crippen MR) is 95.3 cm³/mol. The molecule has 6 nitrogen and oxygen atoms in total. The summed E-state index contributed by atoms with van der Waals surface area (Å²) in [5.41, 5.74) is 2.11. The van der Waals surface area contributed by atoms with Gasteiger partial charge in [-0.3, -0.25) is 14.4 Å². The Morgan fingerprint density at radius 3 is 2.36 bits per heavy atom. The maximum absolute atomic E-state index is 12.5. The molecule has 0 unspecified atom stereocenters. The number of nitrogens with one attached hydrogen (secondary N) is 2. The molecule has 1 aromatic rings. The van der Waals surface area contributed by atoms with E-state index in [1.807, 2.05) is 17.9 Å². The molecular formula is C19H25N3O3. The molecule has 2 N–H and O–H groups in total. The van der Waals surface area contributed by atoms with Gasteiger partial charge < -0.3 is 15.5 Å². The smallest absolute Gasteiger partial charge is 0.251 e. The molecule has 1 saturated carbocycles. The molecule has 0 atom stereocenters. The highest BCUT2D eigenvalue weighted by Gasteiger charge is 2.35. The Hall–Kier alpha value is -2.37. The van der Waals surface area contributed by atoms with E-state index >= 15 is 0 Å². The molecule has 25 heavy (non-hydrogen) atoms. The average Bonchev–Trinajstić information content (AvgIpc) is 3.41. The molecule has 0 bridgehead atoms. The lowest BCUT2D eigenvalue weighted by Gasteiger charge is -2.32. The van der Waals surface area contributed by atoms with Gasteiger partial charge in [-0.1, -0.05) is 6.07 Å². The van der Waals surface area contributed by atoms with Crippen molar-refractivity contribution in [3.8, 4) is 0 Å². The van der Waals surface area contributed by atoms with Crippen LogP contribution in [0.2, 0.25) is 0 Å². The van der Waals surface area contributed by atoms with Crippen LogP contribution in [0.4, 0.5) is 5.69 Å². The van der Waals surface area contributed by atoms with Crippen molar-refractivity contribution in [2.24, 2.45) is 5.92 Å². The first-order valence-corrected chi connectivity index (χ1v) is 8.92. The predicted octanol–water partition coefficient (Wildman–Crippen LogP) is 2.08. The van der Waals surface area contributed by atoms with Gasteiger partial charge in [0.2, 0.25) is 11.8 Å². The molecule has 3 amide bonds. The summed E-state index contributed by atoms with van der Waals surface area (Å²) in [6, 6.07) is 5.39. The van der Waals surface area contributed by atoms with Crippen molar-refractivity contribution in [2.45, 2.75) is 45.6 Å². The van der Waals surface area contributed by atoms with E-state index in [2.05, 4.69) is 10.6 Å². The fraction of sp³-hybridized carbons (Fsp3) is 0.526. The molecule has 1 heterocycles. The van der Waals surface area contributed by atoms with Crippen molar-refractivity contribution < 1.29 is 14.4 Å². The largest absolute Gasteiger partial charge is 0.349 e. The first-order valence-electron chi connectivity index (χ1n) is 8.92. The van der Waals surface area contributed by atoms with Crippen LogP contribution in [0.5, 0.6) is 0 Å². The third kappa shape index (κ3) is 4.38. The lowest BCUT2D eigenvalue weighted by atomic mass is 10.0. The molecule has 6 heteroatoms. The second-order valence-corrected chi connectivity index (χ2v) is 7.06. The third-order valence-electron chi connectivity index (χ3n) is 4.88. The Bertz CT molecular complexity index is 689. The zero-order chi connectivity index (χ0) is 18.0. The number of aryl methyl sites for hydroxylation is 1. The summed E-state index contributed by atoms with van der Waals surface area (Å²) in [7, 11) is 0. The van der Waals surface area contributed by atoms with Crippen molar-refractivity contribution in [1.82, 2.24) is 10.2 Å². The van der Waals surface area contributed by atoms with Gasteiger partial charge in [-0.2, -0.15) is 0 Å². The van der Waals surface area contributed by atoms with Gasteiger partial charge in [-0.25, -0.2) is 0 Å². The van der Waals surface area contributed by atoms with Crippen molar-refractivity contribution in [3.63, 3.8) is 0 Å². The van der Waals surface area contributed by atoms with E-state index in [0.29, 0.717) is 24.3 Å². The maximum Gasteiger partial charge on any atom is 0.251 e. The second-order valence-electron chi connectivity index (χ2n) is 7.06. The Morgan fingerprint density at radius 2 is 1.76 bits per heavy atom. The van der Waals surface area contributed by atoms with Crippen LogP contribution in [0.15, 0.2) is 18.2 Å². The Morgan fingerprint density at radius 1 is 1.08 bits per heavy atom. The van der Waals surface area contributed by atoms with Crippen molar-refractivity contribution in [2.75, 3.05) is 18.4 Å². The molecular weight excluding hydrogens is 318 g/mol. The number of carbonyl (C=O) groups excluding carboxylic acids is 3. The van der Waals surface area contributed by atoms with Crippen LogP contribution in [0.1, 0.15) is 48.5 Å². The Kier molecular flexibility index (Phi) is 5.06. The van der Waals surface area contributed by atoms with E-state index in [1.54, 1.807) is 12.1 Å². The summed E-state index contributed by atoms with van der Waals surface area (Å²) in [6.45, 7) is 4.76. The summed E-state index contributed by atoms with van der Waals surface area (Å²) in [4.78, 5) is 37.8. The Labute approximate surface area is 148 Å². The number of hydrogen-bond donors (Lipinski definition) is 2. The molecule has 1 saturated heterocycles. The van der Waals surface area contributed by atoms with Gasteiger partial charge in [0, 0.05) is 43.2 Å². The number of benzene rings is 1. The minimum Gasteiger partial charge on any atom is -0.349 e. The van der Waals surface area contributed by atoms with Crippen LogP contribution in [-0.2, 0) is 9.59 Å². The summed E-state index contributed by atoms with van der Waals surface area (Å²) in [5, 5.41) is 5.79. The van der Waals surface area contributed by atoms with Gasteiger partial charge in [0.25, 0.3) is 5.91 Å². The Balaban J connectivity index is 1.55. The number of anilines is 1. The minimum atomic E-state index is -0.159. The summed E-state index contributed by atoms with van der Waals surface area (Å²) < 4.78 is 0. The number of likely N-dealkylation sites (tertiary alicyclic amines) is 1. The van der Waals surface area contributed by atoms with Crippen LogP contribution in [0.3, 0.4) is 0 Å². The van der Waals surface area contributed by atoms with E-state index in [1.165, 1.54) is 6.92 Å². The van der Waals surface area contributed by atoms with Crippen molar-refractivity contribution in [1.29, 1.82) is 0 Å². The molecule has 3 rings (SSSR count). The maximum atomic E-state index is 12.5. The average molecular weight is 343 g/mol. The van der Waals surface area contributed by atoms with Gasteiger partial charge >= 0.3 is 0 Å². The van der Waals surface area contributed by atoms with E-state index in [-0.39, 0.29) is 29.7 Å². The fourth-order valence-electron chi connectivity index (χ4n) is 3.19. The van der Waals surface area contributed by atoms with E-state index in [4.69, 9.17) is 0 Å². The van der Waals surface area contributed by atoms with Crippen LogP contribution in [0, 0.1) is 12.8 Å². The SMILES string of the molecule is CC(=O)Nc1cc(C(=O)NC2CCN(C(=O)C3CC3)CC2)ccc1C. The molecule has 0 spiro atoms. The molecule has 1 aliphatic heterocycles.